The molecule has 0 bridgehead atoms. The number of aromatic nitrogens is 2. The molecule has 6 nitrogen and oxygen atoms in total. The van der Waals surface area contributed by atoms with Gasteiger partial charge < -0.3 is 20.4 Å². The quantitative estimate of drug-likeness (QED) is 0.848. The first-order valence-corrected chi connectivity index (χ1v) is 6.89. The summed E-state index contributed by atoms with van der Waals surface area (Å²) < 4.78 is 7.09. The lowest BCUT2D eigenvalue weighted by molar-refractivity contribution is 0.328. The first kappa shape index (κ1) is 15.1. The van der Waals surface area contributed by atoms with Gasteiger partial charge in [-0.3, -0.25) is 4.79 Å². The second-order valence-electron chi connectivity index (χ2n) is 4.87. The standard InChI is InChI=1S/C15H20N4O2/c1-11(2)19-8-7-17-14(15(19)20)18-12-4-3-5-13(10-12)21-9-6-16/h3-5,7-8,10-11H,6,9,16H2,1-2H3,(H,17,18). The lowest BCUT2D eigenvalue weighted by atomic mass is 10.3. The SMILES string of the molecule is CC(C)n1ccnc(Nc2cccc(OCCN)c2)c1=O. The number of ether oxygens (including phenoxy) is 1. The van der Waals surface area contributed by atoms with E-state index in [0.717, 1.165) is 5.69 Å². The molecule has 2 aromatic rings. The minimum absolute atomic E-state index is 0.0836. The third-order valence-corrected chi connectivity index (χ3v) is 2.91. The van der Waals surface area contributed by atoms with Crippen LogP contribution in [0.4, 0.5) is 11.5 Å². The van der Waals surface area contributed by atoms with Crippen LogP contribution in [0.2, 0.25) is 0 Å². The molecule has 2 rings (SSSR count). The van der Waals surface area contributed by atoms with Crippen LogP contribution in [-0.4, -0.2) is 22.7 Å². The van der Waals surface area contributed by atoms with Crippen LogP contribution in [0.25, 0.3) is 0 Å². The Morgan fingerprint density at radius 3 is 2.95 bits per heavy atom. The van der Waals surface area contributed by atoms with Crippen molar-refractivity contribution < 1.29 is 4.74 Å². The normalized spacial score (nSPS) is 10.7. The Hall–Kier alpha value is -2.34. The molecule has 21 heavy (non-hydrogen) atoms. The predicted octanol–water partition coefficient (Wildman–Crippen LogP) is 1.91. The van der Waals surface area contributed by atoms with Crippen LogP contribution < -0.4 is 21.3 Å². The average molecular weight is 288 g/mol. The Bertz CT molecular complexity index is 652. The van der Waals surface area contributed by atoms with E-state index in [1.54, 1.807) is 17.0 Å². The Morgan fingerprint density at radius 2 is 2.24 bits per heavy atom. The highest BCUT2D eigenvalue weighted by Gasteiger charge is 2.07. The zero-order valence-corrected chi connectivity index (χ0v) is 12.2. The molecule has 0 spiro atoms. The zero-order chi connectivity index (χ0) is 15.2. The summed E-state index contributed by atoms with van der Waals surface area (Å²) in [6, 6.07) is 7.43. The van der Waals surface area contributed by atoms with E-state index in [0.29, 0.717) is 24.7 Å². The predicted molar refractivity (Wildman–Crippen MR) is 83.2 cm³/mol. The smallest absolute Gasteiger partial charge is 0.293 e. The molecule has 3 N–H and O–H groups in total. The average Bonchev–Trinajstić information content (AvgIpc) is 2.47. The molecule has 6 heteroatoms. The number of benzene rings is 1. The minimum Gasteiger partial charge on any atom is -0.492 e. The largest absolute Gasteiger partial charge is 0.492 e. The van der Waals surface area contributed by atoms with Gasteiger partial charge in [-0.1, -0.05) is 6.07 Å². The van der Waals surface area contributed by atoms with E-state index in [9.17, 15) is 4.79 Å². The lowest BCUT2D eigenvalue weighted by Gasteiger charge is -2.12. The Morgan fingerprint density at radius 1 is 1.43 bits per heavy atom. The summed E-state index contributed by atoms with van der Waals surface area (Å²) in [6.45, 7) is 4.81. The maximum absolute atomic E-state index is 12.3. The number of rotatable bonds is 6. The molecular formula is C15H20N4O2. The number of nitrogens with zero attached hydrogens (tertiary/aromatic N) is 2. The van der Waals surface area contributed by atoms with Crippen molar-refractivity contribution in [2.45, 2.75) is 19.9 Å². The number of nitrogens with two attached hydrogens (primary N) is 1. The summed E-state index contributed by atoms with van der Waals surface area (Å²) in [4.78, 5) is 16.4. The fraction of sp³-hybridized carbons (Fsp3) is 0.333. The van der Waals surface area contributed by atoms with Gasteiger partial charge in [-0.25, -0.2) is 4.98 Å². The van der Waals surface area contributed by atoms with Gasteiger partial charge in [-0.15, -0.1) is 0 Å². The molecular weight excluding hydrogens is 268 g/mol. The van der Waals surface area contributed by atoms with E-state index in [2.05, 4.69) is 10.3 Å². The van der Waals surface area contributed by atoms with Crippen LogP contribution in [0.5, 0.6) is 5.75 Å². The van der Waals surface area contributed by atoms with Gasteiger partial charge in [0.1, 0.15) is 12.4 Å². The second-order valence-corrected chi connectivity index (χ2v) is 4.87. The molecule has 0 unspecified atom stereocenters. The van der Waals surface area contributed by atoms with Gasteiger partial charge in [-0.05, 0) is 26.0 Å². The minimum atomic E-state index is -0.152. The van der Waals surface area contributed by atoms with Crippen molar-refractivity contribution in [2.24, 2.45) is 5.73 Å². The Labute approximate surface area is 123 Å². The van der Waals surface area contributed by atoms with Crippen LogP contribution >= 0.6 is 0 Å². The molecule has 0 atom stereocenters. The van der Waals surface area contributed by atoms with Crippen LogP contribution in [0.15, 0.2) is 41.5 Å². The molecule has 1 heterocycles. The molecule has 0 radical (unpaired) electrons. The highest BCUT2D eigenvalue weighted by molar-refractivity contribution is 5.57. The topological polar surface area (TPSA) is 82.2 Å². The van der Waals surface area contributed by atoms with Crippen molar-refractivity contribution in [1.82, 2.24) is 9.55 Å². The fourth-order valence-electron chi connectivity index (χ4n) is 1.89. The fourth-order valence-corrected chi connectivity index (χ4v) is 1.89. The maximum Gasteiger partial charge on any atom is 0.293 e. The van der Waals surface area contributed by atoms with E-state index in [1.807, 2.05) is 38.1 Å². The van der Waals surface area contributed by atoms with Crippen LogP contribution in [0, 0.1) is 0 Å². The summed E-state index contributed by atoms with van der Waals surface area (Å²) in [6.07, 6.45) is 3.29. The molecule has 1 aromatic carbocycles. The number of nitrogens with one attached hydrogen (secondary N) is 1. The molecule has 0 saturated carbocycles. The van der Waals surface area contributed by atoms with Crippen molar-refractivity contribution in [1.29, 1.82) is 0 Å². The third kappa shape index (κ3) is 3.82. The zero-order valence-electron chi connectivity index (χ0n) is 12.2. The summed E-state index contributed by atoms with van der Waals surface area (Å²) in [5.41, 5.74) is 6.00. The molecule has 1 aromatic heterocycles. The lowest BCUT2D eigenvalue weighted by Crippen LogP contribution is -2.24. The summed E-state index contributed by atoms with van der Waals surface area (Å²) in [5, 5.41) is 3.03. The van der Waals surface area contributed by atoms with Crippen LogP contribution in [-0.2, 0) is 0 Å². The van der Waals surface area contributed by atoms with Gasteiger partial charge in [0, 0.05) is 36.7 Å². The third-order valence-electron chi connectivity index (χ3n) is 2.91. The van der Waals surface area contributed by atoms with Gasteiger partial charge in [0.2, 0.25) is 0 Å². The van der Waals surface area contributed by atoms with Gasteiger partial charge >= 0.3 is 0 Å². The van der Waals surface area contributed by atoms with Crippen LogP contribution in [0.1, 0.15) is 19.9 Å². The second kappa shape index (κ2) is 6.90. The number of anilines is 2. The van der Waals surface area contributed by atoms with Crippen molar-refractivity contribution in [3.63, 3.8) is 0 Å². The molecule has 0 aliphatic rings. The first-order chi connectivity index (χ1) is 10.1. The Kier molecular flexibility index (Phi) is 4.94. The maximum atomic E-state index is 12.3. The molecule has 0 aliphatic heterocycles. The highest BCUT2D eigenvalue weighted by Crippen LogP contribution is 2.19. The van der Waals surface area contributed by atoms with Gasteiger partial charge in [-0.2, -0.15) is 0 Å². The molecule has 0 amide bonds. The molecule has 0 fully saturated rings. The first-order valence-electron chi connectivity index (χ1n) is 6.89. The highest BCUT2D eigenvalue weighted by atomic mass is 16.5. The van der Waals surface area contributed by atoms with E-state index < -0.39 is 0 Å². The van der Waals surface area contributed by atoms with Gasteiger partial charge in [0.15, 0.2) is 5.82 Å². The van der Waals surface area contributed by atoms with Gasteiger partial charge in [0.25, 0.3) is 5.56 Å². The van der Waals surface area contributed by atoms with Crippen molar-refractivity contribution in [2.75, 3.05) is 18.5 Å². The van der Waals surface area contributed by atoms with E-state index in [-0.39, 0.29) is 11.6 Å². The number of hydrogen-bond donors (Lipinski definition) is 2. The van der Waals surface area contributed by atoms with E-state index in [1.165, 1.54) is 0 Å². The summed E-state index contributed by atoms with van der Waals surface area (Å²) in [7, 11) is 0. The Balaban J connectivity index is 2.22. The van der Waals surface area contributed by atoms with Crippen molar-refractivity contribution >= 4 is 11.5 Å². The van der Waals surface area contributed by atoms with Crippen molar-refractivity contribution in [3.05, 3.63) is 47.0 Å². The summed E-state index contributed by atoms with van der Waals surface area (Å²) in [5.74, 6) is 0.993. The summed E-state index contributed by atoms with van der Waals surface area (Å²) >= 11 is 0. The van der Waals surface area contributed by atoms with Crippen LogP contribution in [0.3, 0.4) is 0 Å². The number of hydrogen-bond acceptors (Lipinski definition) is 5. The molecule has 112 valence electrons. The molecule has 0 saturated heterocycles. The monoisotopic (exact) mass is 288 g/mol. The molecule has 0 aliphatic carbocycles. The van der Waals surface area contributed by atoms with E-state index >= 15 is 0 Å². The van der Waals surface area contributed by atoms with Gasteiger partial charge in [0.05, 0.1) is 0 Å². The van der Waals surface area contributed by atoms with Crippen molar-refractivity contribution in [3.8, 4) is 5.75 Å². The van der Waals surface area contributed by atoms with E-state index in [4.69, 9.17) is 10.5 Å².